The van der Waals surface area contributed by atoms with E-state index in [0.717, 1.165) is 16.9 Å². The lowest BCUT2D eigenvalue weighted by Gasteiger charge is -2.12. The highest BCUT2D eigenvalue weighted by atomic mass is 16.5. The highest BCUT2D eigenvalue weighted by Gasteiger charge is 2.05. The first-order chi connectivity index (χ1) is 8.18. The van der Waals surface area contributed by atoms with Gasteiger partial charge in [0.05, 0.1) is 0 Å². The van der Waals surface area contributed by atoms with Gasteiger partial charge in [0.2, 0.25) is 0 Å². The Morgan fingerprint density at radius 2 is 1.47 bits per heavy atom. The van der Waals surface area contributed by atoms with Crippen LogP contribution < -0.4 is 4.74 Å². The molecule has 2 rings (SSSR count). The smallest absolute Gasteiger partial charge is 0.130 e. The molecule has 0 fully saturated rings. The van der Waals surface area contributed by atoms with Crippen LogP contribution in [0.25, 0.3) is 5.76 Å². The molecule has 0 bridgehead atoms. The molecule has 2 aromatic rings. The highest BCUT2D eigenvalue weighted by molar-refractivity contribution is 5.63. The molecular formula is C16H16O. The van der Waals surface area contributed by atoms with Crippen LogP contribution in [-0.4, -0.2) is 0 Å². The minimum absolute atomic E-state index is 0.692. The summed E-state index contributed by atoms with van der Waals surface area (Å²) in [6.07, 6.45) is 0. The van der Waals surface area contributed by atoms with E-state index in [0.29, 0.717) is 5.76 Å². The fraction of sp³-hybridized carbons (Fsp3) is 0.125. The third-order valence-corrected chi connectivity index (χ3v) is 2.77. The van der Waals surface area contributed by atoms with Crippen LogP contribution in [0.5, 0.6) is 5.75 Å². The largest absolute Gasteiger partial charge is 0.457 e. The topological polar surface area (TPSA) is 9.23 Å². The van der Waals surface area contributed by atoms with Crippen molar-refractivity contribution in [1.82, 2.24) is 0 Å². The molecule has 0 aliphatic rings. The quantitative estimate of drug-likeness (QED) is 0.704. The molecule has 0 aliphatic carbocycles. The molecule has 0 amide bonds. The lowest BCUT2D eigenvalue weighted by molar-refractivity contribution is 0.512. The summed E-state index contributed by atoms with van der Waals surface area (Å²) in [4.78, 5) is 0. The Morgan fingerprint density at radius 3 is 2.12 bits per heavy atom. The molecule has 17 heavy (non-hydrogen) atoms. The molecule has 0 unspecified atom stereocenters. The van der Waals surface area contributed by atoms with E-state index in [1.54, 1.807) is 0 Å². The van der Waals surface area contributed by atoms with Crippen molar-refractivity contribution in [2.45, 2.75) is 13.8 Å². The van der Waals surface area contributed by atoms with Crippen molar-refractivity contribution in [2.24, 2.45) is 0 Å². The van der Waals surface area contributed by atoms with Crippen molar-refractivity contribution < 1.29 is 4.74 Å². The van der Waals surface area contributed by atoms with E-state index in [1.165, 1.54) is 5.56 Å². The molecule has 0 aliphatic heterocycles. The zero-order valence-electron chi connectivity index (χ0n) is 10.2. The SMILES string of the molecule is C=C(Oc1ccccc1C)c1ccccc1C. The van der Waals surface area contributed by atoms with Gasteiger partial charge in [0.25, 0.3) is 0 Å². The summed E-state index contributed by atoms with van der Waals surface area (Å²) in [5.41, 5.74) is 3.34. The normalized spacial score (nSPS) is 10.0. The second-order valence-corrected chi connectivity index (χ2v) is 4.11. The summed E-state index contributed by atoms with van der Waals surface area (Å²) < 4.78 is 5.82. The molecule has 86 valence electrons. The van der Waals surface area contributed by atoms with E-state index in [9.17, 15) is 0 Å². The Morgan fingerprint density at radius 1 is 0.882 bits per heavy atom. The van der Waals surface area contributed by atoms with Crippen LogP contribution in [0.1, 0.15) is 16.7 Å². The van der Waals surface area contributed by atoms with E-state index < -0.39 is 0 Å². The van der Waals surface area contributed by atoms with Gasteiger partial charge in [-0.3, -0.25) is 0 Å². The van der Waals surface area contributed by atoms with Gasteiger partial charge in [-0.1, -0.05) is 49.0 Å². The minimum Gasteiger partial charge on any atom is -0.457 e. The first kappa shape index (κ1) is 11.5. The number of benzene rings is 2. The van der Waals surface area contributed by atoms with E-state index in [4.69, 9.17) is 4.74 Å². The average molecular weight is 224 g/mol. The standard InChI is InChI=1S/C16H16O/c1-12-8-4-6-10-15(12)14(3)17-16-11-7-5-9-13(16)2/h4-11H,3H2,1-2H3. The molecule has 0 aromatic heterocycles. The number of aryl methyl sites for hydroxylation is 2. The van der Waals surface area contributed by atoms with Gasteiger partial charge in [0.1, 0.15) is 11.5 Å². The molecule has 0 spiro atoms. The summed E-state index contributed by atoms with van der Waals surface area (Å²) in [7, 11) is 0. The molecule has 0 radical (unpaired) electrons. The zero-order chi connectivity index (χ0) is 12.3. The molecule has 0 saturated carbocycles. The van der Waals surface area contributed by atoms with Crippen molar-refractivity contribution in [2.75, 3.05) is 0 Å². The maximum Gasteiger partial charge on any atom is 0.130 e. The summed E-state index contributed by atoms with van der Waals surface area (Å²) in [5.74, 6) is 1.55. The molecule has 0 saturated heterocycles. The molecule has 1 nitrogen and oxygen atoms in total. The number of rotatable bonds is 3. The van der Waals surface area contributed by atoms with Crippen LogP contribution in [0.2, 0.25) is 0 Å². The molecule has 2 aromatic carbocycles. The van der Waals surface area contributed by atoms with Crippen LogP contribution in [0.4, 0.5) is 0 Å². The predicted octanol–water partition coefficient (Wildman–Crippen LogP) is 4.35. The Hall–Kier alpha value is -2.02. The van der Waals surface area contributed by atoms with Crippen LogP contribution >= 0.6 is 0 Å². The maximum absolute atomic E-state index is 5.82. The second kappa shape index (κ2) is 4.88. The molecule has 0 heterocycles. The van der Waals surface area contributed by atoms with E-state index in [-0.39, 0.29) is 0 Å². The minimum atomic E-state index is 0.692. The van der Waals surface area contributed by atoms with Crippen molar-refractivity contribution in [3.63, 3.8) is 0 Å². The lowest BCUT2D eigenvalue weighted by Crippen LogP contribution is -1.96. The summed E-state index contributed by atoms with van der Waals surface area (Å²) in [5, 5.41) is 0. The molecule has 1 heteroatoms. The Bertz CT molecular complexity index is 541. The maximum atomic E-state index is 5.82. The second-order valence-electron chi connectivity index (χ2n) is 4.11. The van der Waals surface area contributed by atoms with E-state index in [2.05, 4.69) is 19.6 Å². The fourth-order valence-electron chi connectivity index (χ4n) is 1.74. The van der Waals surface area contributed by atoms with Gasteiger partial charge in [-0.15, -0.1) is 0 Å². The van der Waals surface area contributed by atoms with E-state index in [1.807, 2.05) is 49.4 Å². The third kappa shape index (κ3) is 2.56. The van der Waals surface area contributed by atoms with Crippen molar-refractivity contribution >= 4 is 5.76 Å². The van der Waals surface area contributed by atoms with Crippen LogP contribution in [0.15, 0.2) is 55.1 Å². The van der Waals surface area contributed by atoms with Gasteiger partial charge in [0, 0.05) is 5.56 Å². The van der Waals surface area contributed by atoms with Crippen molar-refractivity contribution in [3.8, 4) is 5.75 Å². The number of para-hydroxylation sites is 1. The van der Waals surface area contributed by atoms with Crippen LogP contribution in [-0.2, 0) is 0 Å². The van der Waals surface area contributed by atoms with E-state index >= 15 is 0 Å². The monoisotopic (exact) mass is 224 g/mol. The Labute approximate surface area is 102 Å². The average Bonchev–Trinajstić information content (AvgIpc) is 2.32. The van der Waals surface area contributed by atoms with Gasteiger partial charge in [-0.05, 0) is 31.0 Å². The molecule has 0 N–H and O–H groups in total. The summed E-state index contributed by atoms with van der Waals surface area (Å²) >= 11 is 0. The van der Waals surface area contributed by atoms with Crippen molar-refractivity contribution in [3.05, 3.63) is 71.8 Å². The van der Waals surface area contributed by atoms with Gasteiger partial charge >= 0.3 is 0 Å². The Kier molecular flexibility index (Phi) is 3.29. The van der Waals surface area contributed by atoms with Crippen LogP contribution in [0, 0.1) is 13.8 Å². The number of hydrogen-bond acceptors (Lipinski definition) is 1. The first-order valence-corrected chi connectivity index (χ1v) is 5.67. The van der Waals surface area contributed by atoms with Gasteiger partial charge in [0.15, 0.2) is 0 Å². The molecular weight excluding hydrogens is 208 g/mol. The van der Waals surface area contributed by atoms with Gasteiger partial charge in [-0.25, -0.2) is 0 Å². The zero-order valence-corrected chi connectivity index (χ0v) is 10.2. The van der Waals surface area contributed by atoms with Crippen molar-refractivity contribution in [1.29, 1.82) is 0 Å². The van der Waals surface area contributed by atoms with Crippen LogP contribution in [0.3, 0.4) is 0 Å². The third-order valence-electron chi connectivity index (χ3n) is 2.77. The number of hydrogen-bond donors (Lipinski definition) is 0. The number of ether oxygens (including phenoxy) is 1. The molecule has 0 atom stereocenters. The van der Waals surface area contributed by atoms with Gasteiger partial charge < -0.3 is 4.74 Å². The summed E-state index contributed by atoms with van der Waals surface area (Å²) in [6.45, 7) is 8.09. The fourth-order valence-corrected chi connectivity index (χ4v) is 1.74. The highest BCUT2D eigenvalue weighted by Crippen LogP contribution is 2.24. The summed E-state index contributed by atoms with van der Waals surface area (Å²) in [6, 6.07) is 16.0. The Balaban J connectivity index is 2.24. The lowest BCUT2D eigenvalue weighted by atomic mass is 10.1. The predicted molar refractivity (Wildman–Crippen MR) is 72.0 cm³/mol. The van der Waals surface area contributed by atoms with Gasteiger partial charge in [-0.2, -0.15) is 0 Å². The first-order valence-electron chi connectivity index (χ1n) is 5.67.